The molecule has 4 aliphatic carbocycles. The summed E-state index contributed by atoms with van der Waals surface area (Å²) in [6.07, 6.45) is 6.12. The number of rotatable bonds is 1. The molecule has 2 spiro atoms. The molecule has 1 N–H and O–H groups in total. The molecule has 7 rings (SSSR count). The van der Waals surface area contributed by atoms with Crippen LogP contribution >= 0.6 is 0 Å². The molecule has 1 aromatic rings. The average molecular weight is 410 g/mol. The number of benzene rings is 1. The van der Waals surface area contributed by atoms with E-state index in [2.05, 4.69) is 65.6 Å². The van der Waals surface area contributed by atoms with Gasteiger partial charge in [0.15, 0.2) is 0 Å². The number of piperidine rings is 1. The molecule has 3 nitrogen and oxygen atoms in total. The number of aliphatic hydroxyl groups is 1. The summed E-state index contributed by atoms with van der Waals surface area (Å²) < 4.78 is 7.08. The Kier molecular flexibility index (Phi) is 3.46. The Balaban J connectivity index is 1.64. The standard InChI is InChI=1S/C27H39NO2/c1-16-8-9-17-14-19-26-11-10-24(5,18(15-26)25(6,29)23(2,3)4)22-27(26,12-13-28(19)7)20(17)21(16)30-22/h8-9,18-19,22,29H,10-15H2,1-7H3/t18-,19?,22-,24?,25?,26?,27-/m0/s1. The molecule has 0 aromatic heterocycles. The fourth-order valence-corrected chi connectivity index (χ4v) is 9.14. The Morgan fingerprint density at radius 3 is 2.57 bits per heavy atom. The van der Waals surface area contributed by atoms with Crippen LogP contribution in [0.25, 0.3) is 0 Å². The molecule has 1 aromatic carbocycles. The van der Waals surface area contributed by atoms with Gasteiger partial charge in [-0.05, 0) is 82.0 Å². The smallest absolute Gasteiger partial charge is 0.126 e. The van der Waals surface area contributed by atoms with Crippen LogP contribution in [-0.4, -0.2) is 41.3 Å². The molecule has 4 fully saturated rings. The fraction of sp³-hybridized carbons (Fsp3) is 0.778. The van der Waals surface area contributed by atoms with Crippen LogP contribution in [0.5, 0.6) is 5.75 Å². The van der Waals surface area contributed by atoms with Crippen molar-refractivity contribution in [3.8, 4) is 5.75 Å². The van der Waals surface area contributed by atoms with E-state index in [1.807, 2.05) is 0 Å². The minimum Gasteiger partial charge on any atom is -0.488 e. The third-order valence-corrected chi connectivity index (χ3v) is 11.2. The summed E-state index contributed by atoms with van der Waals surface area (Å²) in [4.78, 5) is 2.65. The molecule has 3 heteroatoms. The van der Waals surface area contributed by atoms with Gasteiger partial charge in [-0.3, -0.25) is 0 Å². The number of nitrogens with zero attached hydrogens (tertiary/aromatic N) is 1. The van der Waals surface area contributed by atoms with E-state index in [0.717, 1.165) is 19.4 Å². The highest BCUT2D eigenvalue weighted by atomic mass is 16.5. The van der Waals surface area contributed by atoms with Gasteiger partial charge in [0.05, 0.1) is 5.60 Å². The molecular weight excluding hydrogens is 370 g/mol. The third kappa shape index (κ3) is 1.81. The van der Waals surface area contributed by atoms with E-state index in [9.17, 15) is 5.11 Å². The minimum atomic E-state index is -0.725. The zero-order valence-electron chi connectivity index (χ0n) is 19.9. The number of fused-ring (bicyclic) bond motifs is 2. The van der Waals surface area contributed by atoms with Crippen molar-refractivity contribution in [2.45, 2.75) is 96.8 Å². The van der Waals surface area contributed by atoms with Gasteiger partial charge in [-0.2, -0.15) is 0 Å². The second-order valence-electron chi connectivity index (χ2n) is 13.0. The summed E-state index contributed by atoms with van der Waals surface area (Å²) >= 11 is 0. The molecular formula is C27H39NO2. The molecule has 0 radical (unpaired) electrons. The lowest BCUT2D eigenvalue weighted by Crippen LogP contribution is -2.79. The molecule has 3 saturated carbocycles. The highest BCUT2D eigenvalue weighted by molar-refractivity contribution is 5.60. The predicted molar refractivity (Wildman–Crippen MR) is 120 cm³/mol. The average Bonchev–Trinajstić information content (AvgIpc) is 3.03. The minimum absolute atomic E-state index is 0.000931. The first-order valence-corrected chi connectivity index (χ1v) is 12.1. The first kappa shape index (κ1) is 19.6. The van der Waals surface area contributed by atoms with Crippen molar-refractivity contribution in [2.75, 3.05) is 13.6 Å². The maximum atomic E-state index is 12.0. The van der Waals surface area contributed by atoms with Gasteiger partial charge >= 0.3 is 0 Å². The summed E-state index contributed by atoms with van der Waals surface area (Å²) in [7, 11) is 2.34. The molecule has 4 unspecified atom stereocenters. The van der Waals surface area contributed by atoms with Gasteiger partial charge in [0.25, 0.3) is 0 Å². The van der Waals surface area contributed by atoms with E-state index in [4.69, 9.17) is 4.74 Å². The van der Waals surface area contributed by atoms with E-state index in [1.54, 1.807) is 5.56 Å². The van der Waals surface area contributed by atoms with Crippen LogP contribution in [0.4, 0.5) is 0 Å². The van der Waals surface area contributed by atoms with Gasteiger partial charge < -0.3 is 14.7 Å². The summed E-state index contributed by atoms with van der Waals surface area (Å²) in [5, 5.41) is 12.0. The fourth-order valence-electron chi connectivity index (χ4n) is 9.14. The number of likely N-dealkylation sites (N-methyl/N-ethyl adjacent to an activating group) is 1. The van der Waals surface area contributed by atoms with Gasteiger partial charge in [0, 0.05) is 27.9 Å². The van der Waals surface area contributed by atoms with Crippen molar-refractivity contribution in [1.82, 2.24) is 4.90 Å². The molecule has 7 atom stereocenters. The molecule has 164 valence electrons. The molecule has 2 heterocycles. The van der Waals surface area contributed by atoms with Crippen molar-refractivity contribution in [3.05, 3.63) is 28.8 Å². The normalized spacial score (nSPS) is 45.7. The Morgan fingerprint density at radius 1 is 1.13 bits per heavy atom. The zero-order valence-corrected chi connectivity index (χ0v) is 19.9. The second-order valence-corrected chi connectivity index (χ2v) is 13.0. The van der Waals surface area contributed by atoms with E-state index in [1.165, 1.54) is 36.1 Å². The first-order valence-electron chi connectivity index (χ1n) is 12.1. The van der Waals surface area contributed by atoms with Crippen molar-refractivity contribution >= 4 is 0 Å². The highest BCUT2D eigenvalue weighted by Gasteiger charge is 2.80. The van der Waals surface area contributed by atoms with Crippen molar-refractivity contribution in [2.24, 2.45) is 22.2 Å². The molecule has 30 heavy (non-hydrogen) atoms. The van der Waals surface area contributed by atoms with E-state index in [0.29, 0.717) is 6.04 Å². The summed E-state index contributed by atoms with van der Waals surface area (Å²) in [6, 6.07) is 5.23. The van der Waals surface area contributed by atoms with E-state index in [-0.39, 0.29) is 33.7 Å². The maximum Gasteiger partial charge on any atom is 0.126 e. The number of aryl methyl sites for hydroxylation is 1. The monoisotopic (exact) mass is 409 g/mol. The molecule has 4 bridgehead atoms. The summed E-state index contributed by atoms with van der Waals surface area (Å²) in [6.45, 7) is 14.6. The zero-order chi connectivity index (χ0) is 21.5. The van der Waals surface area contributed by atoms with Gasteiger partial charge in [-0.25, -0.2) is 0 Å². The summed E-state index contributed by atoms with van der Waals surface area (Å²) in [5.41, 5.74) is 3.88. The van der Waals surface area contributed by atoms with E-state index >= 15 is 0 Å². The Morgan fingerprint density at radius 2 is 1.87 bits per heavy atom. The lowest BCUT2D eigenvalue weighted by atomic mass is 9.31. The number of hydrogen-bond donors (Lipinski definition) is 1. The molecule has 1 saturated heterocycles. The third-order valence-electron chi connectivity index (χ3n) is 11.2. The van der Waals surface area contributed by atoms with Crippen molar-refractivity contribution < 1.29 is 9.84 Å². The molecule has 2 aliphatic heterocycles. The van der Waals surface area contributed by atoms with Crippen LogP contribution in [0.1, 0.15) is 77.0 Å². The topological polar surface area (TPSA) is 32.7 Å². The van der Waals surface area contributed by atoms with Crippen LogP contribution in [0.15, 0.2) is 12.1 Å². The van der Waals surface area contributed by atoms with Crippen LogP contribution in [0.3, 0.4) is 0 Å². The summed E-state index contributed by atoms with van der Waals surface area (Å²) in [5.74, 6) is 1.45. The van der Waals surface area contributed by atoms with Crippen LogP contribution in [0, 0.1) is 29.1 Å². The lowest BCUT2D eigenvalue weighted by Gasteiger charge is -2.75. The maximum absolute atomic E-state index is 12.0. The van der Waals surface area contributed by atoms with Gasteiger partial charge in [-0.15, -0.1) is 0 Å². The first-order chi connectivity index (χ1) is 13.9. The Labute approximate surface area is 182 Å². The predicted octanol–water partition coefficient (Wildman–Crippen LogP) is 4.86. The molecule has 6 aliphatic rings. The quantitative estimate of drug-likeness (QED) is 0.719. The number of likely N-dealkylation sites (tertiary alicyclic amines) is 1. The largest absolute Gasteiger partial charge is 0.488 e. The highest BCUT2D eigenvalue weighted by Crippen LogP contribution is 2.79. The number of hydrogen-bond acceptors (Lipinski definition) is 3. The molecule has 0 amide bonds. The lowest BCUT2D eigenvalue weighted by molar-refractivity contribution is -0.274. The van der Waals surface area contributed by atoms with Crippen molar-refractivity contribution in [3.63, 3.8) is 0 Å². The van der Waals surface area contributed by atoms with Gasteiger partial charge in [0.1, 0.15) is 11.9 Å². The van der Waals surface area contributed by atoms with E-state index < -0.39 is 5.60 Å². The van der Waals surface area contributed by atoms with Crippen LogP contribution < -0.4 is 4.74 Å². The van der Waals surface area contributed by atoms with Gasteiger partial charge in [0.2, 0.25) is 0 Å². The Hall–Kier alpha value is -1.06. The SMILES string of the molecule is Cc1ccc2c3c1O[C@H]1C4(C)CCC5(C[C@@H]4C(C)(O)C(C)(C)C)C(C2)N(C)CC[C@]315. The van der Waals surface area contributed by atoms with Crippen LogP contribution in [0.2, 0.25) is 0 Å². The van der Waals surface area contributed by atoms with Crippen LogP contribution in [-0.2, 0) is 11.8 Å². The second kappa shape index (κ2) is 5.29. The van der Waals surface area contributed by atoms with Crippen molar-refractivity contribution in [1.29, 1.82) is 0 Å². The Bertz CT molecular complexity index is 945. The van der Waals surface area contributed by atoms with Gasteiger partial charge in [-0.1, -0.05) is 39.8 Å². The number of ether oxygens (including phenoxy) is 1.